The largest absolute Gasteiger partial charge is 0.467 e. The van der Waals surface area contributed by atoms with E-state index in [4.69, 9.17) is 16.3 Å². The molecule has 0 bridgehead atoms. The van der Waals surface area contributed by atoms with Gasteiger partial charge in [0.2, 0.25) is 11.8 Å². The van der Waals surface area contributed by atoms with E-state index < -0.39 is 11.9 Å². The van der Waals surface area contributed by atoms with E-state index in [2.05, 4.69) is 26.8 Å². The van der Waals surface area contributed by atoms with Gasteiger partial charge in [-0.25, -0.2) is 4.98 Å². The maximum Gasteiger partial charge on any atom is 0.317 e. The molecule has 0 radical (unpaired) electrons. The number of hydrogen-bond acceptors (Lipinski definition) is 7. The number of nitrogens with zero attached hydrogens (tertiary/aromatic N) is 5. The maximum absolute atomic E-state index is 12.3. The summed E-state index contributed by atoms with van der Waals surface area (Å²) in [5.74, 6) is -0.752. The van der Waals surface area contributed by atoms with Crippen LogP contribution in [0.2, 0.25) is 5.15 Å². The first-order valence-corrected chi connectivity index (χ1v) is 10.2. The van der Waals surface area contributed by atoms with Crippen molar-refractivity contribution < 1.29 is 19.1 Å². The van der Waals surface area contributed by atoms with E-state index >= 15 is 0 Å². The molecule has 0 spiro atoms. The molecule has 32 heavy (non-hydrogen) atoms. The van der Waals surface area contributed by atoms with E-state index in [1.165, 1.54) is 33.2 Å². The summed E-state index contributed by atoms with van der Waals surface area (Å²) in [4.78, 5) is 52.5. The zero-order valence-corrected chi connectivity index (χ0v) is 18.7. The van der Waals surface area contributed by atoms with Crippen LogP contribution in [0.5, 0.6) is 6.01 Å². The van der Waals surface area contributed by atoms with E-state index in [1.54, 1.807) is 21.9 Å². The van der Waals surface area contributed by atoms with Crippen LogP contribution in [0.1, 0.15) is 29.0 Å². The fourth-order valence-corrected chi connectivity index (χ4v) is 3.72. The molecule has 0 unspecified atom stereocenters. The Morgan fingerprint density at radius 2 is 1.91 bits per heavy atom. The number of carbonyl (C=O) groups is 3. The third kappa shape index (κ3) is 4.86. The Morgan fingerprint density at radius 3 is 2.53 bits per heavy atom. The van der Waals surface area contributed by atoms with E-state index in [0.717, 1.165) is 0 Å². The Hall–Kier alpha value is -3.53. The molecule has 3 amide bonds. The number of piperazine rings is 1. The number of halogens is 1. The second-order valence-electron chi connectivity index (χ2n) is 7.03. The van der Waals surface area contributed by atoms with Crippen LogP contribution >= 0.6 is 11.6 Å². The maximum atomic E-state index is 12.3. The SMILES string of the molecule is C=CC(=O)N1CCN(C(C)=O)[C@@H](c2cc(Cl)nc(-c3cc(C(=O)NC)nc(OC)n3)c2)C1. The standard InChI is InChI=1S/C21H23ClN6O4/c1-5-19(30)27-6-7-28(12(2)29)17(11-27)13-8-14(24-18(22)9-13)15-10-16(20(31)23-3)26-21(25-15)32-4/h5,8-10,17H,1,6-7,11H2,2-4H3,(H,23,31)/t17-/m1/s1. The van der Waals surface area contributed by atoms with Crippen molar-refractivity contribution in [2.75, 3.05) is 33.8 Å². The van der Waals surface area contributed by atoms with Crippen molar-refractivity contribution in [2.24, 2.45) is 0 Å². The van der Waals surface area contributed by atoms with Gasteiger partial charge < -0.3 is 19.9 Å². The minimum atomic E-state index is -0.438. The van der Waals surface area contributed by atoms with Gasteiger partial charge in [-0.2, -0.15) is 9.97 Å². The van der Waals surface area contributed by atoms with E-state index in [0.29, 0.717) is 30.0 Å². The summed E-state index contributed by atoms with van der Waals surface area (Å²) in [5, 5.41) is 2.68. The van der Waals surface area contributed by atoms with Gasteiger partial charge in [0.1, 0.15) is 10.8 Å². The minimum Gasteiger partial charge on any atom is -0.467 e. The number of ether oxygens (including phenoxy) is 1. The highest BCUT2D eigenvalue weighted by Crippen LogP contribution is 2.30. The highest BCUT2D eigenvalue weighted by Gasteiger charge is 2.32. The monoisotopic (exact) mass is 458 g/mol. The number of nitrogens with one attached hydrogen (secondary N) is 1. The Morgan fingerprint density at radius 1 is 1.19 bits per heavy atom. The van der Waals surface area contributed by atoms with Gasteiger partial charge in [0, 0.05) is 33.6 Å². The summed E-state index contributed by atoms with van der Waals surface area (Å²) in [6, 6.07) is 4.40. The fraction of sp³-hybridized carbons (Fsp3) is 0.333. The molecule has 3 heterocycles. The predicted molar refractivity (Wildman–Crippen MR) is 117 cm³/mol. The van der Waals surface area contributed by atoms with Crippen molar-refractivity contribution in [3.63, 3.8) is 0 Å². The Balaban J connectivity index is 2.08. The van der Waals surface area contributed by atoms with Gasteiger partial charge in [0.05, 0.1) is 24.5 Å². The molecule has 2 aromatic heterocycles. The van der Waals surface area contributed by atoms with E-state index in [1.807, 2.05) is 0 Å². The first-order chi connectivity index (χ1) is 15.3. The lowest BCUT2D eigenvalue weighted by atomic mass is 10.0. The van der Waals surface area contributed by atoms with Gasteiger partial charge in [-0.1, -0.05) is 18.2 Å². The van der Waals surface area contributed by atoms with Crippen LogP contribution in [0, 0.1) is 0 Å². The number of amides is 3. The Kier molecular flexibility index (Phi) is 7.04. The number of methoxy groups -OCH3 is 1. The normalized spacial score (nSPS) is 15.8. The predicted octanol–water partition coefficient (Wildman–Crippen LogP) is 1.48. The smallest absolute Gasteiger partial charge is 0.317 e. The second-order valence-corrected chi connectivity index (χ2v) is 7.42. The van der Waals surface area contributed by atoms with Crippen molar-refractivity contribution in [1.29, 1.82) is 0 Å². The van der Waals surface area contributed by atoms with Crippen molar-refractivity contribution in [1.82, 2.24) is 30.1 Å². The number of pyridine rings is 1. The van der Waals surface area contributed by atoms with Crippen molar-refractivity contribution >= 4 is 29.3 Å². The van der Waals surface area contributed by atoms with E-state index in [-0.39, 0.29) is 35.2 Å². The second kappa shape index (κ2) is 9.73. The molecule has 1 aliphatic rings. The summed E-state index contributed by atoms with van der Waals surface area (Å²) >= 11 is 6.31. The van der Waals surface area contributed by atoms with Crippen LogP contribution in [0.25, 0.3) is 11.4 Å². The zero-order valence-electron chi connectivity index (χ0n) is 18.0. The molecule has 10 nitrogen and oxygen atoms in total. The molecule has 168 valence electrons. The summed E-state index contributed by atoms with van der Waals surface area (Å²) in [5.41, 5.74) is 1.47. The number of hydrogen-bond donors (Lipinski definition) is 1. The molecular weight excluding hydrogens is 436 g/mol. The van der Waals surface area contributed by atoms with Gasteiger partial charge in [0.25, 0.3) is 5.91 Å². The molecule has 1 aliphatic heterocycles. The molecule has 1 atom stereocenters. The van der Waals surface area contributed by atoms with Crippen LogP contribution in [-0.4, -0.2) is 76.3 Å². The highest BCUT2D eigenvalue weighted by atomic mass is 35.5. The molecule has 1 N–H and O–H groups in total. The minimum absolute atomic E-state index is 0.00444. The van der Waals surface area contributed by atoms with Crippen molar-refractivity contribution in [3.8, 4) is 17.4 Å². The van der Waals surface area contributed by atoms with Crippen molar-refractivity contribution in [2.45, 2.75) is 13.0 Å². The zero-order chi connectivity index (χ0) is 23.4. The van der Waals surface area contributed by atoms with E-state index in [9.17, 15) is 14.4 Å². The molecule has 0 aromatic carbocycles. The molecule has 0 aliphatic carbocycles. The first kappa shape index (κ1) is 23.1. The topological polar surface area (TPSA) is 118 Å². The van der Waals surface area contributed by atoms with Crippen LogP contribution in [0.15, 0.2) is 30.9 Å². The molecule has 11 heteroatoms. The summed E-state index contributed by atoms with van der Waals surface area (Å²) in [6.07, 6.45) is 1.25. The van der Waals surface area contributed by atoms with Crippen LogP contribution in [-0.2, 0) is 9.59 Å². The average Bonchev–Trinajstić information content (AvgIpc) is 2.81. The number of carbonyl (C=O) groups excluding carboxylic acids is 3. The van der Waals surface area contributed by atoms with Gasteiger partial charge in [-0.3, -0.25) is 14.4 Å². The Bertz CT molecular complexity index is 1080. The summed E-state index contributed by atoms with van der Waals surface area (Å²) in [6.45, 7) is 6.08. The lowest BCUT2D eigenvalue weighted by Crippen LogP contribution is -2.51. The molecule has 2 aromatic rings. The van der Waals surface area contributed by atoms with Crippen LogP contribution in [0.3, 0.4) is 0 Å². The lowest BCUT2D eigenvalue weighted by Gasteiger charge is -2.41. The number of aromatic nitrogens is 3. The Labute approximate surface area is 190 Å². The third-order valence-corrected chi connectivity index (χ3v) is 5.28. The molecule has 1 saturated heterocycles. The quantitative estimate of drug-likeness (QED) is 0.532. The van der Waals surface area contributed by atoms with Crippen LogP contribution in [0.4, 0.5) is 0 Å². The highest BCUT2D eigenvalue weighted by molar-refractivity contribution is 6.29. The lowest BCUT2D eigenvalue weighted by molar-refractivity contribution is -0.139. The molecular formula is C21H23ClN6O4. The van der Waals surface area contributed by atoms with Gasteiger partial charge in [-0.15, -0.1) is 0 Å². The number of rotatable bonds is 5. The first-order valence-electron chi connectivity index (χ1n) is 9.79. The molecule has 3 rings (SSSR count). The summed E-state index contributed by atoms with van der Waals surface area (Å²) < 4.78 is 5.12. The molecule has 1 fully saturated rings. The van der Waals surface area contributed by atoms with Crippen LogP contribution < -0.4 is 10.1 Å². The summed E-state index contributed by atoms with van der Waals surface area (Å²) in [7, 11) is 2.88. The average molecular weight is 459 g/mol. The van der Waals surface area contributed by atoms with Gasteiger partial charge >= 0.3 is 6.01 Å². The van der Waals surface area contributed by atoms with Gasteiger partial charge in [0.15, 0.2) is 0 Å². The third-order valence-electron chi connectivity index (χ3n) is 5.08. The molecule has 0 saturated carbocycles. The van der Waals surface area contributed by atoms with Crippen molar-refractivity contribution in [3.05, 3.63) is 47.3 Å². The fourth-order valence-electron chi connectivity index (χ4n) is 3.51. The van der Waals surface area contributed by atoms with Gasteiger partial charge in [-0.05, 0) is 29.8 Å².